The molecule has 0 aliphatic carbocycles. The highest BCUT2D eigenvalue weighted by Gasteiger charge is 2.33. The molecule has 2 N–H and O–H groups in total. The van der Waals surface area contributed by atoms with Crippen LogP contribution in [0.5, 0.6) is 0 Å². The largest absolute Gasteiger partial charge is 0.463 e. The molecule has 6 heteroatoms. The van der Waals surface area contributed by atoms with Gasteiger partial charge in [0, 0.05) is 17.3 Å². The number of rotatable bonds is 4. The minimum absolute atomic E-state index is 0.111. The second-order valence-corrected chi connectivity index (χ2v) is 6.44. The number of methoxy groups -OCH3 is 1. The third kappa shape index (κ3) is 3.12. The lowest BCUT2D eigenvalue weighted by atomic mass is 9.85. The number of ether oxygens (including phenoxy) is 1. The van der Waals surface area contributed by atoms with E-state index in [0.717, 1.165) is 16.8 Å². The molecule has 2 atom stereocenters. The molecule has 0 fully saturated rings. The number of para-hydroxylation sites is 1. The average molecular weight is 342 g/mol. The Labute approximate surface area is 146 Å². The van der Waals surface area contributed by atoms with Gasteiger partial charge in [-0.1, -0.05) is 18.2 Å². The van der Waals surface area contributed by atoms with Crippen LogP contribution < -0.4 is 10.6 Å². The van der Waals surface area contributed by atoms with E-state index >= 15 is 0 Å². The number of aryl methyl sites for hydroxylation is 1. The van der Waals surface area contributed by atoms with Gasteiger partial charge in [0.1, 0.15) is 5.76 Å². The van der Waals surface area contributed by atoms with Gasteiger partial charge in [-0.2, -0.15) is 0 Å². The van der Waals surface area contributed by atoms with Crippen molar-refractivity contribution < 1.29 is 18.7 Å². The molecular weight excluding hydrogens is 320 g/mol. The second-order valence-electron chi connectivity index (χ2n) is 6.44. The fraction of sp³-hybridized carbons (Fsp3) is 0.368. The topological polar surface area (TPSA) is 85.8 Å². The number of fused-ring (bicyclic) bond motifs is 1. The second kappa shape index (κ2) is 6.63. The number of anilines is 1. The van der Waals surface area contributed by atoms with E-state index in [0.29, 0.717) is 18.7 Å². The van der Waals surface area contributed by atoms with Crippen LogP contribution in [0.1, 0.15) is 46.7 Å². The molecule has 1 aliphatic rings. The Bertz CT molecular complexity index is 812. The van der Waals surface area contributed by atoms with E-state index in [-0.39, 0.29) is 23.6 Å². The normalized spacial score (nSPS) is 19.4. The van der Waals surface area contributed by atoms with Gasteiger partial charge in [-0.15, -0.1) is 0 Å². The van der Waals surface area contributed by atoms with E-state index in [1.165, 1.54) is 7.11 Å². The van der Waals surface area contributed by atoms with E-state index in [9.17, 15) is 9.59 Å². The number of carbonyl (C=O) groups is 2. The van der Waals surface area contributed by atoms with Gasteiger partial charge in [-0.3, -0.25) is 4.79 Å². The molecule has 0 unspecified atom stereocenters. The van der Waals surface area contributed by atoms with Crippen molar-refractivity contribution >= 4 is 17.6 Å². The fourth-order valence-electron chi connectivity index (χ4n) is 3.48. The minimum atomic E-state index is -0.482. The molecule has 0 bridgehead atoms. The smallest absolute Gasteiger partial charge is 0.374 e. The first kappa shape index (κ1) is 17.1. The van der Waals surface area contributed by atoms with E-state index in [2.05, 4.69) is 11.8 Å². The van der Waals surface area contributed by atoms with E-state index in [4.69, 9.17) is 14.9 Å². The Hall–Kier alpha value is -2.76. The summed E-state index contributed by atoms with van der Waals surface area (Å²) >= 11 is 0. The SMILES string of the molecule is COC(=O)c1oc(CN2c3ccccc3[C@H](C(N)=O)C[C@@H]2C)cc1C. The molecule has 1 aromatic heterocycles. The van der Waals surface area contributed by atoms with Crippen LogP contribution in [-0.2, 0) is 16.1 Å². The van der Waals surface area contributed by atoms with Crippen LogP contribution in [-0.4, -0.2) is 25.0 Å². The summed E-state index contributed by atoms with van der Waals surface area (Å²) in [6, 6.07) is 9.74. The number of benzene rings is 1. The number of amides is 1. The number of carbonyl (C=O) groups excluding carboxylic acids is 2. The maximum Gasteiger partial charge on any atom is 0.374 e. The Morgan fingerprint density at radius 2 is 2.08 bits per heavy atom. The van der Waals surface area contributed by atoms with Crippen molar-refractivity contribution in [2.45, 2.75) is 38.8 Å². The van der Waals surface area contributed by atoms with Crippen molar-refractivity contribution in [2.75, 3.05) is 12.0 Å². The molecule has 0 saturated carbocycles. The van der Waals surface area contributed by atoms with Gasteiger partial charge in [-0.25, -0.2) is 4.79 Å². The Balaban J connectivity index is 1.93. The van der Waals surface area contributed by atoms with Crippen LogP contribution >= 0.6 is 0 Å². The first-order chi connectivity index (χ1) is 11.9. The van der Waals surface area contributed by atoms with Crippen molar-refractivity contribution in [3.05, 3.63) is 53.0 Å². The monoisotopic (exact) mass is 342 g/mol. The Morgan fingerprint density at radius 1 is 1.36 bits per heavy atom. The summed E-state index contributed by atoms with van der Waals surface area (Å²) < 4.78 is 10.4. The summed E-state index contributed by atoms with van der Waals surface area (Å²) in [6.45, 7) is 4.38. The number of nitrogens with zero attached hydrogens (tertiary/aromatic N) is 1. The predicted octanol–water partition coefficient (Wildman–Crippen LogP) is 2.74. The van der Waals surface area contributed by atoms with Gasteiger partial charge in [0.25, 0.3) is 0 Å². The minimum Gasteiger partial charge on any atom is -0.463 e. The summed E-state index contributed by atoms with van der Waals surface area (Å²) in [5, 5.41) is 0. The van der Waals surface area contributed by atoms with Gasteiger partial charge in [0.05, 0.1) is 19.6 Å². The number of esters is 1. The summed E-state index contributed by atoms with van der Waals surface area (Å²) in [7, 11) is 1.33. The maximum absolute atomic E-state index is 11.8. The predicted molar refractivity (Wildman–Crippen MR) is 93.4 cm³/mol. The molecule has 132 valence electrons. The highest BCUT2D eigenvalue weighted by molar-refractivity contribution is 5.88. The maximum atomic E-state index is 11.8. The summed E-state index contributed by atoms with van der Waals surface area (Å²) in [6.07, 6.45) is 0.649. The molecule has 6 nitrogen and oxygen atoms in total. The highest BCUT2D eigenvalue weighted by Crippen LogP contribution is 2.39. The van der Waals surface area contributed by atoms with Gasteiger partial charge < -0.3 is 19.8 Å². The molecule has 0 spiro atoms. The zero-order valence-corrected chi connectivity index (χ0v) is 14.6. The summed E-state index contributed by atoms with van der Waals surface area (Å²) in [5.41, 5.74) is 8.24. The zero-order chi connectivity index (χ0) is 18.1. The van der Waals surface area contributed by atoms with Gasteiger partial charge in [0.15, 0.2) is 0 Å². The third-order valence-corrected chi connectivity index (χ3v) is 4.74. The Morgan fingerprint density at radius 3 is 2.76 bits per heavy atom. The van der Waals surface area contributed by atoms with E-state index < -0.39 is 5.97 Å². The zero-order valence-electron chi connectivity index (χ0n) is 14.6. The summed E-state index contributed by atoms with van der Waals surface area (Å²) in [5.74, 6) is -0.167. The molecule has 1 amide bonds. The molecule has 1 aromatic carbocycles. The van der Waals surface area contributed by atoms with Crippen molar-refractivity contribution in [3.8, 4) is 0 Å². The lowest BCUT2D eigenvalue weighted by molar-refractivity contribution is -0.119. The number of furan rings is 1. The van der Waals surface area contributed by atoms with Crippen molar-refractivity contribution in [1.29, 1.82) is 0 Å². The van der Waals surface area contributed by atoms with Crippen LogP contribution in [0.15, 0.2) is 34.7 Å². The van der Waals surface area contributed by atoms with Crippen LogP contribution in [0, 0.1) is 6.92 Å². The van der Waals surface area contributed by atoms with Crippen molar-refractivity contribution in [3.63, 3.8) is 0 Å². The lowest BCUT2D eigenvalue weighted by Gasteiger charge is -2.39. The van der Waals surface area contributed by atoms with Crippen LogP contribution in [0.25, 0.3) is 0 Å². The first-order valence-electron chi connectivity index (χ1n) is 8.25. The van der Waals surface area contributed by atoms with Gasteiger partial charge in [0.2, 0.25) is 11.7 Å². The first-order valence-corrected chi connectivity index (χ1v) is 8.25. The quantitative estimate of drug-likeness (QED) is 0.864. The molecule has 2 aromatic rings. The molecular formula is C19H22N2O4. The van der Waals surface area contributed by atoms with Gasteiger partial charge in [-0.05, 0) is 38.0 Å². The molecule has 1 aliphatic heterocycles. The lowest BCUT2D eigenvalue weighted by Crippen LogP contribution is -2.41. The highest BCUT2D eigenvalue weighted by atomic mass is 16.5. The standard InChI is InChI=1S/C19H22N2O4/c1-11-8-13(25-17(11)19(23)24-3)10-21-12(2)9-15(18(20)22)14-6-4-5-7-16(14)21/h4-8,12,15H,9-10H2,1-3H3,(H2,20,22)/t12-,15+/m0/s1. The molecule has 0 radical (unpaired) electrons. The fourth-order valence-corrected chi connectivity index (χ4v) is 3.48. The van der Waals surface area contributed by atoms with E-state index in [1.807, 2.05) is 37.3 Å². The molecule has 3 rings (SSSR count). The van der Waals surface area contributed by atoms with Crippen molar-refractivity contribution in [1.82, 2.24) is 0 Å². The molecule has 0 saturated heterocycles. The number of nitrogens with two attached hydrogens (primary N) is 1. The third-order valence-electron chi connectivity index (χ3n) is 4.74. The summed E-state index contributed by atoms with van der Waals surface area (Å²) in [4.78, 5) is 25.7. The molecule has 25 heavy (non-hydrogen) atoms. The van der Waals surface area contributed by atoms with Gasteiger partial charge >= 0.3 is 5.97 Å². The van der Waals surface area contributed by atoms with Crippen LogP contribution in [0.2, 0.25) is 0 Å². The van der Waals surface area contributed by atoms with Crippen LogP contribution in [0.3, 0.4) is 0 Å². The number of hydrogen-bond donors (Lipinski definition) is 1. The Kier molecular flexibility index (Phi) is 4.53. The number of primary amides is 1. The van der Waals surface area contributed by atoms with E-state index in [1.54, 1.807) is 0 Å². The number of hydrogen-bond acceptors (Lipinski definition) is 5. The van der Waals surface area contributed by atoms with Crippen molar-refractivity contribution in [2.24, 2.45) is 5.73 Å². The molecule has 2 heterocycles. The average Bonchev–Trinajstić information content (AvgIpc) is 2.96. The van der Waals surface area contributed by atoms with Crippen LogP contribution in [0.4, 0.5) is 5.69 Å².